The van der Waals surface area contributed by atoms with Gasteiger partial charge in [-0.3, -0.25) is 36.3 Å². The van der Waals surface area contributed by atoms with Crippen LogP contribution in [0.15, 0.2) is 54.6 Å². The number of fused-ring (bicyclic) bond motifs is 2. The van der Waals surface area contributed by atoms with Gasteiger partial charge in [0.2, 0.25) is 0 Å². The number of rotatable bonds is 47. The van der Waals surface area contributed by atoms with Gasteiger partial charge in [0.05, 0.1) is 23.0 Å². The van der Waals surface area contributed by atoms with Crippen LogP contribution >= 0.6 is 34.8 Å². The van der Waals surface area contributed by atoms with Crippen LogP contribution in [-0.2, 0) is 186 Å². The average Bonchev–Trinajstić information content (AvgIpc) is 0.762. The Labute approximate surface area is 852 Å². The maximum atomic E-state index is 13.3. The number of ether oxygens (including phenoxy) is 6. The zero-order valence-electron chi connectivity index (χ0n) is 76.8. The summed E-state index contributed by atoms with van der Waals surface area (Å²) in [5.41, 5.74) is -0.414. The minimum atomic E-state index is -6.07. The fourth-order valence-electron chi connectivity index (χ4n) is 7.16. The van der Waals surface area contributed by atoms with E-state index in [9.17, 15) is 254 Å². The van der Waals surface area contributed by atoms with E-state index in [1.54, 1.807) is 76.2 Å². The number of hydrogen-bond donors (Lipinski definition) is 1. The van der Waals surface area contributed by atoms with Gasteiger partial charge in [0.25, 0.3) is 20.2 Å². The van der Waals surface area contributed by atoms with Gasteiger partial charge >= 0.3 is 112 Å². The van der Waals surface area contributed by atoms with Crippen LogP contribution in [0.1, 0.15) is 163 Å². The molecule has 0 aromatic heterocycles. The molecule has 0 fully saturated rings. The van der Waals surface area contributed by atoms with Gasteiger partial charge in [-0.2, -0.15) is 121 Å². The molecule has 0 aliphatic carbocycles. The Hall–Kier alpha value is -6.61. The Morgan fingerprint density at radius 3 is 0.899 bits per heavy atom. The van der Waals surface area contributed by atoms with E-state index in [0.29, 0.717) is 40.8 Å². The molecule has 0 saturated carbocycles. The van der Waals surface area contributed by atoms with Crippen LogP contribution in [0.2, 0.25) is 0 Å². The van der Waals surface area contributed by atoms with Crippen molar-refractivity contribution in [2.24, 2.45) is 5.41 Å². The highest BCUT2D eigenvalue weighted by Gasteiger charge is 2.50. The first-order valence-corrected chi connectivity index (χ1v) is 56.9. The van der Waals surface area contributed by atoms with E-state index < -0.39 is 289 Å². The van der Waals surface area contributed by atoms with Crippen molar-refractivity contribution in [1.29, 1.82) is 0 Å². The quantitative estimate of drug-likeness (QED) is 0.00805. The molecule has 3 aromatic carbocycles. The Bertz CT molecular complexity index is 6310. The Kier molecular flexibility index (Phi) is 62.3. The fourth-order valence-corrected chi connectivity index (χ4v) is 11.1. The molecule has 0 aliphatic heterocycles. The Morgan fingerprint density at radius 1 is 0.349 bits per heavy atom. The summed E-state index contributed by atoms with van der Waals surface area (Å²) in [4.78, 5) is 65.5. The third-order valence-electron chi connectivity index (χ3n) is 15.1. The normalized spacial score (nSPS) is 13.4. The number of halogens is 23. The summed E-state index contributed by atoms with van der Waals surface area (Å²) in [5.74, 6) is -12.0. The maximum absolute atomic E-state index is 13.3. The van der Waals surface area contributed by atoms with Crippen LogP contribution in [0.4, 0.5) is 87.8 Å². The lowest BCUT2D eigenvalue weighted by atomic mass is 9.93. The molecule has 0 aliphatic rings. The van der Waals surface area contributed by atoms with Crippen LogP contribution in [0.5, 0.6) is 0 Å². The lowest BCUT2D eigenvalue weighted by Gasteiger charge is -2.21. The van der Waals surface area contributed by atoms with E-state index in [-0.39, 0.29) is 31.7 Å². The van der Waals surface area contributed by atoms with Crippen LogP contribution in [-0.4, -0.2) is 305 Å². The van der Waals surface area contributed by atoms with E-state index in [4.69, 9.17) is 39.4 Å². The Morgan fingerprint density at radius 2 is 0.617 bits per heavy atom. The lowest BCUT2D eigenvalue weighted by Crippen LogP contribution is -2.37. The molecule has 0 spiro atoms. The van der Waals surface area contributed by atoms with E-state index in [1.807, 2.05) is 6.07 Å². The molecule has 3 aromatic rings. The van der Waals surface area contributed by atoms with Crippen LogP contribution < -0.4 is 0 Å². The van der Waals surface area contributed by atoms with Crippen LogP contribution in [0.3, 0.4) is 0 Å². The summed E-state index contributed by atoms with van der Waals surface area (Å²) >= 11 is 14.4. The number of carbonyl (C=O) groups is 6. The number of hydrogen-bond acceptors (Lipinski definition) is 47. The smallest absolute Gasteiger partial charge is 0.402 e. The van der Waals surface area contributed by atoms with Crippen molar-refractivity contribution in [3.8, 4) is 0 Å². The topological polar surface area (TPSA) is 800 Å². The monoisotopic (exact) mass is 2520 g/mol. The summed E-state index contributed by atoms with van der Waals surface area (Å²) in [6, 6.07) is 15.5. The van der Waals surface area contributed by atoms with Gasteiger partial charge in [-0.1, -0.05) is 169 Å². The average molecular weight is 2520 g/mol. The lowest BCUT2D eigenvalue weighted by molar-refractivity contribution is -0.174. The molecule has 0 saturated heterocycles. The predicted octanol–water partition coefficient (Wildman–Crippen LogP) is 8.97. The zero-order valence-corrected chi connectivity index (χ0v) is 88.8. The zero-order chi connectivity index (χ0) is 120. The number of benzene rings is 3. The minimum Gasteiger partial charge on any atom is -0.743 e. The third-order valence-corrected chi connectivity index (χ3v) is 28.2. The number of alkyl halides is 23. The van der Waals surface area contributed by atoms with Crippen LogP contribution in [0.25, 0.3) is 21.5 Å². The SMILES string of the molecule is CC(=O)OCC(F)(F)S(=O)(=O)[O-].CC(C)(C)CC(=O)OCC(F)(F)S(=O)(=O)[O-].CC(C)S(=O)(=O)OCC(F)(F)S(=O)(=O)[O-].CC(F)(F)C(=O)OCC(F)(F)S(=O)(=O)[O-].CCCCC(=O)OCC(F)(F)S(=O)(=O)[O-].CCCCCCCCCCC(=O)OCC(F)(F)S(=O)(=O)[O-].CCS(=O)(=O)OCC(F)(F)S(=O)(=O)[O-].O=C(OCC(F)(F)S(=O)(=O)O)c1c2ccccc2cc2ccccc12.O=S(=O)([O-])C(F)(F)COS(=O)(=O)C(Cl)(Cl)Cl. The van der Waals surface area contributed by atoms with E-state index in [0.717, 1.165) is 53.4 Å². The first-order chi connectivity index (χ1) is 65.6. The van der Waals surface area contributed by atoms with Gasteiger partial charge < -0.3 is 64.8 Å². The van der Waals surface area contributed by atoms with Crippen molar-refractivity contribution in [2.45, 2.75) is 214 Å². The standard InChI is InChI=1S/C17H12F2O5S.C13H24F2O5S.C8H14F2O5S.C7H12F2O5S.C5H6F4O5S.C5H10F2O6S2.C4H8F2O6S2.C4H6F2O5S.C3H3Cl3F2O6S2/c18-17(19,25(21,22)23)10-24-16(20)15-13-7-3-1-5-11(13)9-12-6-2-4-8-14(12)15;1-2-3-4-5-6-7-8-9-10-12(16)20-11-13(14,15)21(17,18)19;1-7(2,3)4-6(11)15-5-8(9,10)16(12,13)14;1-2-3-4-6(10)14-5-7(8,9)15(11,12)13;1-4(6,7)3(10)14-2-5(8,9)15(11,12)13;1-4(2)14(8,9)13-3-5(6,7)15(10,11)12;1-2-13(7,8)12-3-4(5,6)14(9,10)11;1-3(7)11-2-4(5,6)12(8,9)10;4-3(5,6)16(12,13)14-1-2(7,8)15(9,10)11/h1-9H,10H2,(H,21,22,23);2-11H2,1H3,(H,17,18,19);4-5H2,1-3H3,(H,12,13,14);2-5H2,1H3,(H,11,12,13);2H2,1H3,(H,11,12,13);4H,3H2,1-2H3,(H,10,11,12);2-3H2,1H3,(H,9,10,11);2H2,1H3,(H,8,9,10);1H2,(H,9,10,11)/p-8. The van der Waals surface area contributed by atoms with E-state index >= 15 is 0 Å². The molecular formula is C66H87Cl3F20O48S12-8. The highest BCUT2D eigenvalue weighted by Crippen LogP contribution is 2.37. The van der Waals surface area contributed by atoms with Gasteiger partial charge in [-0.05, 0) is 66.6 Å². The third kappa shape index (κ3) is 60.9. The van der Waals surface area contributed by atoms with Gasteiger partial charge in [-0.25, -0.2) is 76.9 Å². The minimum absolute atomic E-state index is 0.0516. The maximum Gasteiger partial charge on any atom is 0.402 e. The summed E-state index contributed by atoms with van der Waals surface area (Å²) in [6.07, 6.45) is 8.89. The molecule has 3 rings (SSSR count). The van der Waals surface area contributed by atoms with E-state index in [2.05, 4.69) is 47.9 Å². The molecule has 1 N–H and O–H groups in total. The van der Waals surface area contributed by atoms with Gasteiger partial charge in [0, 0.05) is 26.7 Å². The second-order valence-electron chi connectivity index (χ2n) is 29.5. The summed E-state index contributed by atoms with van der Waals surface area (Å²) in [6.45, 7) is -3.95. The highest BCUT2D eigenvalue weighted by atomic mass is 35.6. The predicted molar refractivity (Wildman–Crippen MR) is 458 cm³/mol. The molecule has 0 bridgehead atoms. The summed E-state index contributed by atoms with van der Waals surface area (Å²) < 4.78 is 613. The second kappa shape index (κ2) is 60.6. The van der Waals surface area contributed by atoms with Crippen molar-refractivity contribution in [3.05, 3.63) is 60.2 Å². The molecule has 0 heterocycles. The molecule has 83 heteroatoms. The molecular weight excluding hydrogens is 2430 g/mol. The first-order valence-electron chi connectivity index (χ1n) is 38.6. The molecule has 0 radical (unpaired) electrons. The molecule has 0 amide bonds. The fraction of sp³-hybridized carbons (Fsp3) is 0.697. The van der Waals surface area contributed by atoms with Gasteiger partial charge in [0.1, 0.15) is 19.8 Å². The molecule has 0 atom stereocenters. The summed E-state index contributed by atoms with van der Waals surface area (Å²) in [5, 5.41) is -40.9. The van der Waals surface area contributed by atoms with Crippen molar-refractivity contribution >= 4 is 214 Å². The number of unbranched alkanes of at least 4 members (excludes halogenated alkanes) is 8. The van der Waals surface area contributed by atoms with Crippen molar-refractivity contribution in [3.63, 3.8) is 0 Å². The number of carbonyl (C=O) groups excluding carboxylic acids is 6. The molecule has 48 nitrogen and oxygen atoms in total. The van der Waals surface area contributed by atoms with Gasteiger partial charge in [-0.15, -0.1) is 0 Å². The van der Waals surface area contributed by atoms with Crippen LogP contribution in [0, 0.1) is 5.41 Å². The Balaban J connectivity index is -0.000000390. The van der Waals surface area contributed by atoms with Crippen molar-refractivity contribution in [1.82, 2.24) is 0 Å². The first kappa shape index (κ1) is 153. The number of esters is 6. The molecule has 0 unspecified atom stereocenters. The van der Waals surface area contributed by atoms with Crippen molar-refractivity contribution < 1.29 is 300 Å². The molecule has 149 heavy (non-hydrogen) atoms. The van der Waals surface area contributed by atoms with Crippen molar-refractivity contribution in [2.75, 3.05) is 65.2 Å². The van der Waals surface area contributed by atoms with Gasteiger partial charge in [0.15, 0.2) is 121 Å². The summed E-state index contributed by atoms with van der Waals surface area (Å²) in [7, 11) is -66.3. The largest absolute Gasteiger partial charge is 0.743 e. The molecule has 880 valence electrons. The second-order valence-corrected chi connectivity index (χ2v) is 51.9. The van der Waals surface area contributed by atoms with E-state index in [1.165, 1.54) is 19.3 Å². The highest BCUT2D eigenvalue weighted by molar-refractivity contribution is 7.93.